The van der Waals surface area contributed by atoms with Crippen molar-refractivity contribution in [2.75, 3.05) is 31.1 Å². The molecule has 152 valence electrons. The van der Waals surface area contributed by atoms with Crippen molar-refractivity contribution in [3.63, 3.8) is 0 Å². The Bertz CT molecular complexity index is 906. The number of furan rings is 1. The molecule has 0 saturated carbocycles. The molecule has 1 aliphatic heterocycles. The molecule has 1 saturated heterocycles. The van der Waals surface area contributed by atoms with Gasteiger partial charge in [-0.1, -0.05) is 13.3 Å². The lowest BCUT2D eigenvalue weighted by molar-refractivity contribution is -0.131. The minimum atomic E-state index is 0.238. The highest BCUT2D eigenvalue weighted by atomic mass is 16.3. The molecule has 1 aliphatic carbocycles. The van der Waals surface area contributed by atoms with Crippen LogP contribution in [-0.4, -0.2) is 42.0 Å². The molecule has 2 aliphatic rings. The van der Waals surface area contributed by atoms with Gasteiger partial charge < -0.3 is 14.2 Å². The Kier molecular flexibility index (Phi) is 5.84. The van der Waals surface area contributed by atoms with Gasteiger partial charge in [-0.2, -0.15) is 5.26 Å². The molecule has 0 unspecified atom stereocenters. The highest BCUT2D eigenvalue weighted by Gasteiger charge is 2.28. The van der Waals surface area contributed by atoms with Gasteiger partial charge in [0, 0.05) is 32.6 Å². The van der Waals surface area contributed by atoms with Crippen LogP contribution in [0, 0.1) is 11.3 Å². The van der Waals surface area contributed by atoms with Crippen LogP contribution in [0.5, 0.6) is 0 Å². The van der Waals surface area contributed by atoms with Gasteiger partial charge in [-0.25, -0.2) is 4.98 Å². The zero-order valence-electron chi connectivity index (χ0n) is 17.1. The molecule has 29 heavy (non-hydrogen) atoms. The first-order valence-electron chi connectivity index (χ1n) is 10.8. The molecular formula is C23H28N4O2. The lowest BCUT2D eigenvalue weighted by atomic mass is 9.87. The van der Waals surface area contributed by atoms with Crippen LogP contribution in [0.15, 0.2) is 22.8 Å². The molecule has 2 aromatic rings. The van der Waals surface area contributed by atoms with Crippen LogP contribution in [0.25, 0.3) is 11.5 Å². The van der Waals surface area contributed by atoms with Crippen LogP contribution in [0.1, 0.15) is 55.7 Å². The second-order valence-electron chi connectivity index (χ2n) is 7.88. The van der Waals surface area contributed by atoms with E-state index in [2.05, 4.69) is 17.9 Å². The first kappa shape index (κ1) is 19.5. The summed E-state index contributed by atoms with van der Waals surface area (Å²) in [5, 5.41) is 9.96. The van der Waals surface area contributed by atoms with Crippen LogP contribution in [0.2, 0.25) is 0 Å². The van der Waals surface area contributed by atoms with E-state index < -0.39 is 0 Å². The number of hydrogen-bond acceptors (Lipinski definition) is 5. The number of pyridine rings is 1. The number of hydrogen-bond donors (Lipinski definition) is 0. The summed E-state index contributed by atoms with van der Waals surface area (Å²) in [5.74, 6) is 1.75. The van der Waals surface area contributed by atoms with Gasteiger partial charge in [0.1, 0.15) is 17.6 Å². The van der Waals surface area contributed by atoms with Gasteiger partial charge in [-0.15, -0.1) is 0 Å². The Morgan fingerprint density at radius 2 is 1.97 bits per heavy atom. The van der Waals surface area contributed by atoms with Gasteiger partial charge in [-0.05, 0) is 55.4 Å². The monoisotopic (exact) mass is 392 g/mol. The van der Waals surface area contributed by atoms with Gasteiger partial charge in [-0.3, -0.25) is 4.79 Å². The molecule has 6 heteroatoms. The molecule has 2 aromatic heterocycles. The maximum atomic E-state index is 12.4. The van der Waals surface area contributed by atoms with Gasteiger partial charge in [0.05, 0.1) is 11.8 Å². The summed E-state index contributed by atoms with van der Waals surface area (Å²) in [7, 11) is 0. The fourth-order valence-electron chi connectivity index (χ4n) is 4.42. The Morgan fingerprint density at radius 1 is 1.21 bits per heavy atom. The second-order valence-corrected chi connectivity index (χ2v) is 7.88. The van der Waals surface area contributed by atoms with E-state index in [9.17, 15) is 10.1 Å². The van der Waals surface area contributed by atoms with Crippen molar-refractivity contribution in [1.29, 1.82) is 5.26 Å². The van der Waals surface area contributed by atoms with E-state index >= 15 is 0 Å². The lowest BCUT2D eigenvalue weighted by Crippen LogP contribution is -2.49. The van der Waals surface area contributed by atoms with Crippen LogP contribution in [0.4, 0.5) is 5.82 Å². The third-order valence-electron chi connectivity index (χ3n) is 6.04. The van der Waals surface area contributed by atoms with Crippen LogP contribution in [-0.2, 0) is 17.6 Å². The predicted octanol–water partition coefficient (Wildman–Crippen LogP) is 3.93. The molecule has 0 spiro atoms. The van der Waals surface area contributed by atoms with Crippen LogP contribution >= 0.6 is 0 Å². The minimum absolute atomic E-state index is 0.238. The van der Waals surface area contributed by atoms with Crippen molar-refractivity contribution in [1.82, 2.24) is 9.88 Å². The first-order chi connectivity index (χ1) is 14.2. The fraction of sp³-hybridized carbons (Fsp3) is 0.522. The van der Waals surface area contributed by atoms with Gasteiger partial charge in [0.25, 0.3) is 0 Å². The van der Waals surface area contributed by atoms with Gasteiger partial charge in [0.2, 0.25) is 5.91 Å². The quantitative estimate of drug-likeness (QED) is 0.771. The van der Waals surface area contributed by atoms with Crippen molar-refractivity contribution in [2.24, 2.45) is 0 Å². The summed E-state index contributed by atoms with van der Waals surface area (Å²) in [6, 6.07) is 6.26. The molecule has 6 nitrogen and oxygen atoms in total. The average molecular weight is 393 g/mol. The van der Waals surface area contributed by atoms with E-state index in [0.717, 1.165) is 61.4 Å². The highest BCUT2D eigenvalue weighted by Crippen LogP contribution is 2.36. The summed E-state index contributed by atoms with van der Waals surface area (Å²) < 4.78 is 5.67. The van der Waals surface area contributed by atoms with Crippen molar-refractivity contribution in [3.05, 3.63) is 35.1 Å². The number of unbranched alkanes of at least 4 members (excludes halogenated alkanes) is 1. The number of nitriles is 1. The SMILES string of the molecule is CCCCC(=O)N1CCN(c2nc(-c3ccco3)c3c(c2C#N)CCCC3)CC1. The molecule has 3 heterocycles. The van der Waals surface area contributed by atoms with Crippen molar-refractivity contribution < 1.29 is 9.21 Å². The summed E-state index contributed by atoms with van der Waals surface area (Å²) >= 11 is 0. The smallest absolute Gasteiger partial charge is 0.222 e. The number of anilines is 1. The molecule has 1 amide bonds. The topological polar surface area (TPSA) is 73.4 Å². The van der Waals surface area contributed by atoms with E-state index in [1.165, 1.54) is 5.56 Å². The van der Waals surface area contributed by atoms with Gasteiger partial charge in [0.15, 0.2) is 5.76 Å². The molecule has 0 bridgehead atoms. The van der Waals surface area contributed by atoms with E-state index in [1.807, 2.05) is 17.0 Å². The zero-order valence-corrected chi connectivity index (χ0v) is 17.1. The lowest BCUT2D eigenvalue weighted by Gasteiger charge is -2.36. The maximum absolute atomic E-state index is 12.4. The zero-order chi connectivity index (χ0) is 20.2. The summed E-state index contributed by atoms with van der Waals surface area (Å²) in [6.45, 7) is 4.88. The molecular weight excluding hydrogens is 364 g/mol. The van der Waals surface area contributed by atoms with Gasteiger partial charge >= 0.3 is 0 Å². The normalized spacial score (nSPS) is 16.4. The Hall–Kier alpha value is -2.81. The molecule has 0 aromatic carbocycles. The minimum Gasteiger partial charge on any atom is -0.463 e. The standard InChI is InChI=1S/C23H28N4O2/c1-2-3-10-21(28)26-11-13-27(14-12-26)23-19(16-24)17-7-4-5-8-18(17)22(25-23)20-9-6-15-29-20/h6,9,15H,2-5,7-8,10-14H2,1H3. The average Bonchev–Trinajstić information content (AvgIpc) is 3.31. The number of piperazine rings is 1. The first-order valence-corrected chi connectivity index (χ1v) is 10.8. The third kappa shape index (κ3) is 3.87. The Labute approximate surface area is 172 Å². The van der Waals surface area contributed by atoms with Crippen LogP contribution in [0.3, 0.4) is 0 Å². The highest BCUT2D eigenvalue weighted by molar-refractivity contribution is 5.76. The summed E-state index contributed by atoms with van der Waals surface area (Å²) in [6.07, 6.45) is 8.34. The molecule has 1 fully saturated rings. The van der Waals surface area contributed by atoms with Crippen LogP contribution < -0.4 is 4.90 Å². The van der Waals surface area contributed by atoms with Crippen molar-refractivity contribution >= 4 is 11.7 Å². The maximum Gasteiger partial charge on any atom is 0.222 e. The summed E-state index contributed by atoms with van der Waals surface area (Å²) in [4.78, 5) is 21.4. The Balaban J connectivity index is 1.63. The van der Waals surface area contributed by atoms with Crippen molar-refractivity contribution in [2.45, 2.75) is 51.9 Å². The molecule has 0 radical (unpaired) electrons. The van der Waals surface area contributed by atoms with E-state index in [4.69, 9.17) is 9.40 Å². The van der Waals surface area contributed by atoms with E-state index in [0.29, 0.717) is 38.2 Å². The predicted molar refractivity (Wildman–Crippen MR) is 112 cm³/mol. The fourth-order valence-corrected chi connectivity index (χ4v) is 4.42. The molecule has 0 N–H and O–H groups in total. The largest absolute Gasteiger partial charge is 0.463 e. The molecule has 0 atom stereocenters. The number of fused-ring (bicyclic) bond motifs is 1. The number of rotatable bonds is 5. The number of nitrogens with zero attached hydrogens (tertiary/aromatic N) is 4. The second kappa shape index (κ2) is 8.69. The summed E-state index contributed by atoms with van der Waals surface area (Å²) in [5.41, 5.74) is 3.89. The van der Waals surface area contributed by atoms with E-state index in [-0.39, 0.29) is 5.91 Å². The van der Waals surface area contributed by atoms with Crippen molar-refractivity contribution in [3.8, 4) is 17.5 Å². The molecule has 4 rings (SSSR count). The number of carbonyl (C=O) groups excluding carboxylic acids is 1. The Morgan fingerprint density at radius 3 is 2.62 bits per heavy atom. The third-order valence-corrected chi connectivity index (χ3v) is 6.04. The number of amides is 1. The number of carbonyl (C=O) groups is 1. The van der Waals surface area contributed by atoms with E-state index in [1.54, 1.807) is 6.26 Å². The number of aromatic nitrogens is 1.